The lowest BCUT2D eigenvalue weighted by atomic mass is 9.75. The molecule has 4 saturated carbocycles. The van der Waals surface area contributed by atoms with Crippen LogP contribution in [0.1, 0.15) is 62.8 Å². The SMILES string of the molecule is CCCn1c(=O)c2c(nc(C3C4CC5CC(C4)C3C5)n2Cc2ccccc2)n(CCCI)c1=O. The smallest absolute Gasteiger partial charge is 0.317 e. The standard InChI is InChI=1S/C27H33IN4O2/c1-2-10-31-26(33)23-25(30(27(31)34)11-6-9-28)29-24(32(23)16-17-7-4-3-5-8-17)22-20-13-18-12-19(15-20)21(22)14-18/h3-5,7-8,18-22H,2,6,9-16H2,1H3. The Morgan fingerprint density at radius 1 is 0.971 bits per heavy atom. The van der Waals surface area contributed by atoms with E-state index in [2.05, 4.69) is 51.4 Å². The maximum atomic E-state index is 13.8. The van der Waals surface area contributed by atoms with Crippen LogP contribution >= 0.6 is 22.6 Å². The first-order chi connectivity index (χ1) is 16.6. The van der Waals surface area contributed by atoms with E-state index in [9.17, 15) is 9.59 Å². The summed E-state index contributed by atoms with van der Waals surface area (Å²) in [6, 6.07) is 10.4. The Morgan fingerprint density at radius 3 is 2.50 bits per heavy atom. The van der Waals surface area contributed by atoms with Crippen LogP contribution in [0.2, 0.25) is 0 Å². The van der Waals surface area contributed by atoms with Crippen LogP contribution in [0.15, 0.2) is 39.9 Å². The molecule has 180 valence electrons. The summed E-state index contributed by atoms with van der Waals surface area (Å²) in [6.07, 6.45) is 6.93. The van der Waals surface area contributed by atoms with Gasteiger partial charge in [-0.25, -0.2) is 9.78 Å². The van der Waals surface area contributed by atoms with Gasteiger partial charge >= 0.3 is 5.69 Å². The van der Waals surface area contributed by atoms with Crippen LogP contribution < -0.4 is 11.2 Å². The van der Waals surface area contributed by atoms with Crippen molar-refractivity contribution in [3.05, 3.63) is 62.6 Å². The van der Waals surface area contributed by atoms with E-state index in [1.54, 1.807) is 4.57 Å². The van der Waals surface area contributed by atoms with Gasteiger partial charge in [0.15, 0.2) is 11.2 Å². The fourth-order valence-corrected chi connectivity index (χ4v) is 7.81. The van der Waals surface area contributed by atoms with Crippen LogP contribution in [0.4, 0.5) is 0 Å². The van der Waals surface area contributed by atoms with E-state index in [1.165, 1.54) is 35.8 Å². The Balaban J connectivity index is 1.60. The second-order valence-electron chi connectivity index (χ2n) is 10.7. The van der Waals surface area contributed by atoms with Crippen LogP contribution in [-0.2, 0) is 19.6 Å². The highest BCUT2D eigenvalue weighted by Gasteiger charge is 2.55. The van der Waals surface area contributed by atoms with E-state index in [4.69, 9.17) is 4.98 Å². The van der Waals surface area contributed by atoms with E-state index in [0.29, 0.717) is 48.6 Å². The van der Waals surface area contributed by atoms with Crippen molar-refractivity contribution < 1.29 is 0 Å². The first kappa shape index (κ1) is 22.6. The minimum Gasteiger partial charge on any atom is -0.317 e. The van der Waals surface area contributed by atoms with Gasteiger partial charge in [0.2, 0.25) is 0 Å². The highest BCUT2D eigenvalue weighted by atomic mass is 127. The molecule has 4 fully saturated rings. The van der Waals surface area contributed by atoms with Gasteiger partial charge in [-0.05, 0) is 67.8 Å². The van der Waals surface area contributed by atoms with Crippen molar-refractivity contribution in [1.82, 2.24) is 18.7 Å². The number of halogens is 1. The molecule has 4 bridgehead atoms. The van der Waals surface area contributed by atoms with Gasteiger partial charge in [-0.2, -0.15) is 0 Å². The lowest BCUT2D eigenvalue weighted by molar-refractivity contribution is 0.240. The molecule has 0 N–H and O–H groups in total. The molecule has 2 heterocycles. The Kier molecular flexibility index (Phi) is 5.94. The van der Waals surface area contributed by atoms with E-state index in [1.807, 2.05) is 13.0 Å². The largest absolute Gasteiger partial charge is 0.332 e. The molecule has 34 heavy (non-hydrogen) atoms. The van der Waals surface area contributed by atoms with E-state index in [-0.39, 0.29) is 11.2 Å². The summed E-state index contributed by atoms with van der Waals surface area (Å²) in [6.45, 7) is 3.70. The fourth-order valence-electron chi connectivity index (χ4n) is 7.47. The lowest BCUT2D eigenvalue weighted by Crippen LogP contribution is -2.40. The molecule has 7 heteroatoms. The number of imidazole rings is 1. The molecule has 5 atom stereocenters. The van der Waals surface area contributed by atoms with Crippen LogP contribution in [0.3, 0.4) is 0 Å². The Labute approximate surface area is 213 Å². The van der Waals surface area contributed by atoms with Crippen LogP contribution in [-0.4, -0.2) is 23.1 Å². The number of fused-ring (bicyclic) bond motifs is 1. The van der Waals surface area contributed by atoms with Crippen molar-refractivity contribution in [3.63, 3.8) is 0 Å². The van der Waals surface area contributed by atoms with E-state index >= 15 is 0 Å². The van der Waals surface area contributed by atoms with Gasteiger partial charge in [-0.1, -0.05) is 59.8 Å². The number of hydrogen-bond acceptors (Lipinski definition) is 3. The maximum absolute atomic E-state index is 13.8. The Bertz CT molecular complexity index is 1320. The predicted octanol–water partition coefficient (Wildman–Crippen LogP) is 4.79. The number of rotatable bonds is 8. The number of aromatic nitrogens is 4. The van der Waals surface area contributed by atoms with E-state index < -0.39 is 0 Å². The lowest BCUT2D eigenvalue weighted by Gasteiger charge is -2.32. The summed E-state index contributed by atoms with van der Waals surface area (Å²) in [7, 11) is 0. The van der Waals surface area contributed by atoms with Crippen LogP contribution in [0.5, 0.6) is 0 Å². The first-order valence-corrected chi connectivity index (χ1v) is 14.5. The molecule has 5 unspecified atom stereocenters. The molecule has 0 spiro atoms. The summed E-state index contributed by atoms with van der Waals surface area (Å²) < 4.78 is 6.42. The third kappa shape index (κ3) is 3.52. The van der Waals surface area contributed by atoms with Gasteiger partial charge < -0.3 is 4.57 Å². The van der Waals surface area contributed by atoms with Crippen LogP contribution in [0.25, 0.3) is 11.2 Å². The number of aryl methyl sites for hydroxylation is 1. The summed E-state index contributed by atoms with van der Waals surface area (Å²) in [5.74, 6) is 4.53. The molecule has 0 radical (unpaired) electrons. The quantitative estimate of drug-likeness (QED) is 0.288. The highest BCUT2D eigenvalue weighted by Crippen LogP contribution is 2.64. The Morgan fingerprint density at radius 2 is 1.76 bits per heavy atom. The molecule has 0 saturated heterocycles. The zero-order valence-electron chi connectivity index (χ0n) is 19.8. The number of hydrogen-bond donors (Lipinski definition) is 0. The number of alkyl halides is 1. The molecule has 0 amide bonds. The van der Waals surface area contributed by atoms with Crippen molar-refractivity contribution in [2.24, 2.45) is 23.7 Å². The summed E-state index contributed by atoms with van der Waals surface area (Å²) in [5, 5.41) is 0. The molecule has 7 rings (SSSR count). The molecule has 3 aromatic rings. The normalized spacial score (nSPS) is 27.3. The zero-order valence-corrected chi connectivity index (χ0v) is 22.0. The summed E-state index contributed by atoms with van der Waals surface area (Å²) >= 11 is 2.35. The molecular formula is C27H33IN4O2. The van der Waals surface area contributed by atoms with Gasteiger partial charge in [-0.3, -0.25) is 13.9 Å². The van der Waals surface area contributed by atoms with Gasteiger partial charge in [-0.15, -0.1) is 0 Å². The average Bonchev–Trinajstić information content (AvgIpc) is 3.42. The number of nitrogens with zero attached hydrogens (tertiary/aromatic N) is 4. The monoisotopic (exact) mass is 572 g/mol. The van der Waals surface area contributed by atoms with Crippen molar-refractivity contribution in [1.29, 1.82) is 0 Å². The minimum atomic E-state index is -0.200. The third-order valence-corrected chi connectivity index (χ3v) is 9.41. The Hall–Kier alpha value is -1.90. The molecule has 4 aliphatic carbocycles. The summed E-state index contributed by atoms with van der Waals surface area (Å²) in [4.78, 5) is 32.5. The third-order valence-electron chi connectivity index (χ3n) is 8.65. The van der Waals surface area contributed by atoms with Crippen LogP contribution in [0, 0.1) is 23.7 Å². The molecular weight excluding hydrogens is 539 g/mol. The topological polar surface area (TPSA) is 61.8 Å². The van der Waals surface area contributed by atoms with Crippen molar-refractivity contribution in [2.45, 2.75) is 71.0 Å². The highest BCUT2D eigenvalue weighted by molar-refractivity contribution is 14.1. The number of benzene rings is 1. The fraction of sp³-hybridized carbons (Fsp3) is 0.593. The van der Waals surface area contributed by atoms with Gasteiger partial charge in [0.05, 0.1) is 0 Å². The minimum absolute atomic E-state index is 0.172. The van der Waals surface area contributed by atoms with Crippen molar-refractivity contribution in [2.75, 3.05) is 4.43 Å². The molecule has 2 aromatic heterocycles. The van der Waals surface area contributed by atoms with Gasteiger partial charge in [0.1, 0.15) is 5.82 Å². The predicted molar refractivity (Wildman–Crippen MR) is 143 cm³/mol. The molecule has 1 aromatic carbocycles. The maximum Gasteiger partial charge on any atom is 0.332 e. The first-order valence-electron chi connectivity index (χ1n) is 12.9. The molecule has 6 nitrogen and oxygen atoms in total. The van der Waals surface area contributed by atoms with Gasteiger partial charge in [0, 0.05) is 30.0 Å². The summed E-state index contributed by atoms with van der Waals surface area (Å²) in [5.41, 5.74) is 2.03. The second-order valence-corrected chi connectivity index (χ2v) is 11.7. The molecule has 0 aliphatic heterocycles. The van der Waals surface area contributed by atoms with Crippen molar-refractivity contribution >= 4 is 33.8 Å². The molecule has 4 aliphatic rings. The second kappa shape index (κ2) is 8.95. The average molecular weight is 572 g/mol. The van der Waals surface area contributed by atoms with Gasteiger partial charge in [0.25, 0.3) is 5.56 Å². The van der Waals surface area contributed by atoms with E-state index in [0.717, 1.165) is 34.9 Å². The zero-order chi connectivity index (χ0) is 23.4. The van der Waals surface area contributed by atoms with Crippen molar-refractivity contribution in [3.8, 4) is 0 Å².